The van der Waals surface area contributed by atoms with Crippen LogP contribution in [0.1, 0.15) is 6.42 Å². The third-order valence-corrected chi connectivity index (χ3v) is 2.24. The fourth-order valence-electron chi connectivity index (χ4n) is 1.41. The van der Waals surface area contributed by atoms with Crippen LogP contribution in [0.3, 0.4) is 0 Å². The Kier molecular flexibility index (Phi) is 3.85. The van der Waals surface area contributed by atoms with Crippen molar-refractivity contribution in [1.29, 1.82) is 0 Å². The lowest BCUT2D eigenvalue weighted by atomic mass is 10.2. The second-order valence-electron chi connectivity index (χ2n) is 3.74. The van der Waals surface area contributed by atoms with Crippen LogP contribution in [0, 0.1) is 0 Å². The molecule has 0 saturated carbocycles. The van der Waals surface area contributed by atoms with E-state index in [-0.39, 0.29) is 0 Å². The van der Waals surface area contributed by atoms with E-state index in [2.05, 4.69) is 15.5 Å². The molecule has 0 aromatic heterocycles. The molecule has 0 aliphatic carbocycles. The fraction of sp³-hybridized carbons (Fsp3) is 0.600. The van der Waals surface area contributed by atoms with Crippen molar-refractivity contribution in [2.24, 2.45) is 0 Å². The van der Waals surface area contributed by atoms with E-state index in [0.29, 0.717) is 17.9 Å². The molecule has 0 spiro atoms. The molecule has 15 heavy (non-hydrogen) atoms. The van der Waals surface area contributed by atoms with E-state index in [0.717, 1.165) is 13.0 Å². The van der Waals surface area contributed by atoms with Gasteiger partial charge in [-0.3, -0.25) is 9.59 Å². The van der Waals surface area contributed by atoms with Gasteiger partial charge in [0.25, 0.3) is 10.9 Å². The number of nitrogens with zero attached hydrogens (tertiary/aromatic N) is 1. The van der Waals surface area contributed by atoms with Gasteiger partial charge in [-0.2, -0.15) is 0 Å². The van der Waals surface area contributed by atoms with Crippen molar-refractivity contribution in [3.63, 3.8) is 0 Å². The number of rotatable bonds is 6. The first kappa shape index (κ1) is 11.7. The monoisotopic (exact) mass is 211 g/mol. The standard InChI is InChI=1S/C10H17N3O2/c1-11-7-8(10(15)9(7)14)12-5-4-6-13(2)3/h11-12H,4-6H2,1-3H3. The second kappa shape index (κ2) is 4.93. The lowest BCUT2D eigenvalue weighted by molar-refractivity contribution is 0.405. The molecule has 0 bridgehead atoms. The van der Waals surface area contributed by atoms with Crippen LogP contribution in [0.2, 0.25) is 0 Å². The van der Waals surface area contributed by atoms with Gasteiger partial charge >= 0.3 is 0 Å². The van der Waals surface area contributed by atoms with Gasteiger partial charge in [0.2, 0.25) is 0 Å². The first-order valence-corrected chi connectivity index (χ1v) is 4.97. The SMILES string of the molecule is CNc1c(NCCCN(C)C)c(=O)c1=O. The zero-order valence-corrected chi connectivity index (χ0v) is 9.39. The van der Waals surface area contributed by atoms with Gasteiger partial charge in [0.15, 0.2) is 0 Å². The Bertz CT molecular complexity index is 391. The summed E-state index contributed by atoms with van der Waals surface area (Å²) in [5.41, 5.74) is 0.00271. The molecular weight excluding hydrogens is 194 g/mol. The van der Waals surface area contributed by atoms with Crippen LogP contribution in [0.4, 0.5) is 11.4 Å². The second-order valence-corrected chi connectivity index (χ2v) is 3.74. The van der Waals surface area contributed by atoms with Gasteiger partial charge in [0.1, 0.15) is 11.4 Å². The van der Waals surface area contributed by atoms with E-state index in [1.54, 1.807) is 7.05 Å². The largest absolute Gasteiger partial charge is 0.383 e. The smallest absolute Gasteiger partial charge is 0.253 e. The van der Waals surface area contributed by atoms with E-state index >= 15 is 0 Å². The van der Waals surface area contributed by atoms with Crippen molar-refractivity contribution in [2.45, 2.75) is 6.42 Å². The topological polar surface area (TPSA) is 61.4 Å². The minimum atomic E-state index is -0.424. The van der Waals surface area contributed by atoms with Gasteiger partial charge in [0.05, 0.1) is 0 Å². The zero-order chi connectivity index (χ0) is 11.4. The van der Waals surface area contributed by atoms with Gasteiger partial charge in [-0.15, -0.1) is 0 Å². The predicted octanol–water partition coefficient (Wildman–Crippen LogP) is -0.312. The lowest BCUT2D eigenvalue weighted by Gasteiger charge is -2.13. The summed E-state index contributed by atoms with van der Waals surface area (Å²) in [7, 11) is 5.63. The van der Waals surface area contributed by atoms with E-state index < -0.39 is 10.9 Å². The summed E-state index contributed by atoms with van der Waals surface area (Å²) in [6.45, 7) is 1.66. The number of nitrogens with one attached hydrogen (secondary N) is 2. The molecule has 0 saturated heterocycles. The Morgan fingerprint density at radius 1 is 1.13 bits per heavy atom. The summed E-state index contributed by atoms with van der Waals surface area (Å²) in [4.78, 5) is 24.2. The van der Waals surface area contributed by atoms with Gasteiger partial charge in [0, 0.05) is 13.6 Å². The molecule has 2 N–H and O–H groups in total. The third-order valence-electron chi connectivity index (χ3n) is 2.24. The summed E-state index contributed by atoms with van der Waals surface area (Å²) < 4.78 is 0. The van der Waals surface area contributed by atoms with Crippen molar-refractivity contribution >= 4 is 11.4 Å². The van der Waals surface area contributed by atoms with Crippen molar-refractivity contribution in [1.82, 2.24) is 4.90 Å². The van der Waals surface area contributed by atoms with E-state index in [1.807, 2.05) is 14.1 Å². The molecular formula is C10H17N3O2. The van der Waals surface area contributed by atoms with E-state index in [9.17, 15) is 9.59 Å². The first-order valence-electron chi connectivity index (χ1n) is 4.97. The van der Waals surface area contributed by atoms with Crippen LogP contribution in [0.5, 0.6) is 0 Å². The van der Waals surface area contributed by atoms with Gasteiger partial charge in [-0.05, 0) is 27.1 Å². The van der Waals surface area contributed by atoms with Crippen LogP contribution in [0.25, 0.3) is 0 Å². The summed E-state index contributed by atoms with van der Waals surface area (Å²) in [6, 6.07) is 0. The molecule has 0 unspecified atom stereocenters. The highest BCUT2D eigenvalue weighted by atomic mass is 16.2. The molecule has 84 valence electrons. The molecule has 0 atom stereocenters. The average molecular weight is 211 g/mol. The van der Waals surface area contributed by atoms with Crippen molar-refractivity contribution < 1.29 is 0 Å². The summed E-state index contributed by atoms with van der Waals surface area (Å²) in [5.74, 6) is 0. The maximum absolute atomic E-state index is 11.1. The highest BCUT2D eigenvalue weighted by Gasteiger charge is 2.18. The van der Waals surface area contributed by atoms with E-state index in [1.165, 1.54) is 0 Å². The molecule has 0 heterocycles. The van der Waals surface area contributed by atoms with Crippen molar-refractivity contribution in [3.05, 3.63) is 20.4 Å². The minimum absolute atomic E-state index is 0.407. The average Bonchev–Trinajstić information content (AvgIpc) is 2.21. The van der Waals surface area contributed by atoms with Crippen LogP contribution < -0.4 is 21.5 Å². The fourth-order valence-corrected chi connectivity index (χ4v) is 1.41. The van der Waals surface area contributed by atoms with Gasteiger partial charge in [-0.25, -0.2) is 0 Å². The molecule has 1 aromatic rings. The quantitative estimate of drug-likeness (QED) is 0.499. The third kappa shape index (κ3) is 2.56. The Labute approximate surface area is 88.8 Å². The van der Waals surface area contributed by atoms with Crippen molar-refractivity contribution in [3.8, 4) is 0 Å². The predicted molar refractivity (Wildman–Crippen MR) is 62.6 cm³/mol. The Hall–Kier alpha value is -1.36. The van der Waals surface area contributed by atoms with Crippen LogP contribution in [-0.4, -0.2) is 39.1 Å². The molecule has 5 heteroatoms. The molecule has 0 amide bonds. The first-order chi connectivity index (χ1) is 7.07. The molecule has 1 rings (SSSR count). The minimum Gasteiger partial charge on any atom is -0.383 e. The molecule has 5 nitrogen and oxygen atoms in total. The molecule has 0 aliphatic heterocycles. The summed E-state index contributed by atoms with van der Waals surface area (Å²) >= 11 is 0. The molecule has 0 aliphatic rings. The highest BCUT2D eigenvalue weighted by Crippen LogP contribution is 2.12. The zero-order valence-electron chi connectivity index (χ0n) is 9.39. The number of anilines is 2. The Morgan fingerprint density at radius 3 is 2.27 bits per heavy atom. The Morgan fingerprint density at radius 2 is 1.73 bits per heavy atom. The molecule has 0 fully saturated rings. The maximum atomic E-state index is 11.1. The van der Waals surface area contributed by atoms with Gasteiger partial charge < -0.3 is 15.5 Å². The molecule has 1 aromatic carbocycles. The normalized spacial score (nSPS) is 10.9. The summed E-state index contributed by atoms with van der Waals surface area (Å²) in [6.07, 6.45) is 0.939. The van der Waals surface area contributed by atoms with Crippen LogP contribution >= 0.6 is 0 Å². The lowest BCUT2D eigenvalue weighted by Crippen LogP contribution is -2.37. The molecule has 0 radical (unpaired) electrons. The summed E-state index contributed by atoms with van der Waals surface area (Å²) in [5, 5.41) is 5.69. The van der Waals surface area contributed by atoms with E-state index in [4.69, 9.17) is 0 Å². The van der Waals surface area contributed by atoms with Crippen LogP contribution in [0.15, 0.2) is 9.59 Å². The number of hydrogen-bond donors (Lipinski definition) is 2. The maximum Gasteiger partial charge on any atom is 0.253 e. The van der Waals surface area contributed by atoms with Crippen molar-refractivity contribution in [2.75, 3.05) is 44.9 Å². The van der Waals surface area contributed by atoms with Crippen LogP contribution in [-0.2, 0) is 0 Å². The highest BCUT2D eigenvalue weighted by molar-refractivity contribution is 5.73. The Balaban J connectivity index is 2.42. The van der Waals surface area contributed by atoms with Gasteiger partial charge in [-0.1, -0.05) is 0 Å². The number of hydrogen-bond acceptors (Lipinski definition) is 5.